The Morgan fingerprint density at radius 1 is 1.32 bits per heavy atom. The number of nitrogens with one attached hydrogen (secondary N) is 1. The second kappa shape index (κ2) is 7.68. The number of carbonyl (C=O) groups is 2. The maximum atomic E-state index is 12.4. The Hall–Kier alpha value is -1.70. The molecule has 1 amide bonds. The third kappa shape index (κ3) is 3.78. The van der Waals surface area contributed by atoms with Crippen LogP contribution in [0.3, 0.4) is 0 Å². The second-order valence-corrected chi connectivity index (χ2v) is 7.87. The van der Waals surface area contributed by atoms with Crippen molar-refractivity contribution in [2.45, 2.75) is 25.9 Å². The summed E-state index contributed by atoms with van der Waals surface area (Å²) in [6.07, 6.45) is 1.11. The van der Waals surface area contributed by atoms with Gasteiger partial charge in [0.1, 0.15) is 16.7 Å². The summed E-state index contributed by atoms with van der Waals surface area (Å²) >= 11 is 4.78. The number of amides is 1. The number of methoxy groups -OCH3 is 1. The average Bonchev–Trinajstić information content (AvgIpc) is 3.23. The highest BCUT2D eigenvalue weighted by atomic mass is 79.9. The largest absolute Gasteiger partial charge is 0.465 e. The molecule has 0 spiro atoms. The molecule has 132 valence electrons. The lowest BCUT2D eigenvalue weighted by Gasteiger charge is -2.11. The minimum absolute atomic E-state index is 0.216. The molecule has 0 aliphatic carbocycles. The zero-order chi connectivity index (χ0) is 18.0. The molecule has 25 heavy (non-hydrogen) atoms. The fourth-order valence-corrected chi connectivity index (χ4v) is 4.20. The zero-order valence-corrected chi connectivity index (χ0v) is 16.3. The number of hydrogen-bond donors (Lipinski definition) is 1. The Bertz CT molecular complexity index is 794. The molecule has 1 aliphatic heterocycles. The Morgan fingerprint density at radius 2 is 2.04 bits per heavy atom. The lowest BCUT2D eigenvalue weighted by Crippen LogP contribution is -2.27. The van der Waals surface area contributed by atoms with Crippen LogP contribution in [0.5, 0.6) is 0 Å². The predicted octanol–water partition coefficient (Wildman–Crippen LogP) is 4.39. The third-order valence-electron chi connectivity index (χ3n) is 4.07. The number of hydrogen-bond acceptors (Lipinski definition) is 5. The minimum atomic E-state index is -0.468. The molecule has 1 N–H and O–H groups in total. The Labute approximate surface area is 158 Å². The van der Waals surface area contributed by atoms with Crippen LogP contribution in [0.15, 0.2) is 28.7 Å². The molecule has 1 atom stereocenters. The Morgan fingerprint density at radius 3 is 2.64 bits per heavy atom. The van der Waals surface area contributed by atoms with E-state index in [4.69, 9.17) is 9.47 Å². The van der Waals surface area contributed by atoms with E-state index in [1.165, 1.54) is 18.4 Å². The summed E-state index contributed by atoms with van der Waals surface area (Å²) in [5, 5.41) is 3.36. The predicted molar refractivity (Wildman–Crippen MR) is 101 cm³/mol. The van der Waals surface area contributed by atoms with E-state index in [1.54, 1.807) is 0 Å². The number of thiophene rings is 1. The minimum Gasteiger partial charge on any atom is -0.465 e. The molecule has 3 rings (SSSR count). The summed E-state index contributed by atoms with van der Waals surface area (Å²) in [6.45, 7) is 2.52. The summed E-state index contributed by atoms with van der Waals surface area (Å²) in [5.41, 5.74) is 2.07. The number of esters is 1. The quantitative estimate of drug-likeness (QED) is 0.740. The summed E-state index contributed by atoms with van der Waals surface area (Å²) in [7, 11) is 1.34. The zero-order valence-electron chi connectivity index (χ0n) is 13.9. The monoisotopic (exact) mass is 423 g/mol. The van der Waals surface area contributed by atoms with E-state index in [0.29, 0.717) is 23.6 Å². The molecule has 2 aromatic rings. The summed E-state index contributed by atoms with van der Waals surface area (Å²) in [4.78, 5) is 25.7. The first-order valence-electron chi connectivity index (χ1n) is 7.91. The molecule has 0 bridgehead atoms. The highest BCUT2D eigenvalue weighted by Gasteiger charge is 2.29. The van der Waals surface area contributed by atoms with Gasteiger partial charge in [-0.05, 0) is 37.5 Å². The summed E-state index contributed by atoms with van der Waals surface area (Å²) < 4.78 is 11.3. The van der Waals surface area contributed by atoms with Gasteiger partial charge < -0.3 is 14.8 Å². The van der Waals surface area contributed by atoms with E-state index >= 15 is 0 Å². The van der Waals surface area contributed by atoms with Gasteiger partial charge in [-0.15, -0.1) is 11.3 Å². The molecular formula is C18H18BrNO4S. The van der Waals surface area contributed by atoms with Gasteiger partial charge in [-0.2, -0.15) is 0 Å². The van der Waals surface area contributed by atoms with Crippen molar-refractivity contribution in [1.29, 1.82) is 0 Å². The van der Waals surface area contributed by atoms with Gasteiger partial charge >= 0.3 is 5.97 Å². The van der Waals surface area contributed by atoms with Crippen molar-refractivity contribution in [3.8, 4) is 11.1 Å². The number of halogens is 1. The van der Waals surface area contributed by atoms with Gasteiger partial charge in [0.05, 0.1) is 7.11 Å². The molecule has 2 heterocycles. The number of carbonyl (C=O) groups excluding carboxylic acids is 2. The molecule has 0 saturated carbocycles. The van der Waals surface area contributed by atoms with Crippen LogP contribution in [0, 0.1) is 6.92 Å². The van der Waals surface area contributed by atoms with Crippen molar-refractivity contribution < 1.29 is 19.1 Å². The standard InChI is InChI=1S/C18H18BrNO4S/c1-10-14(11-5-7-12(19)8-6-11)15(18(22)23-2)17(25-10)20-16(21)13-4-3-9-24-13/h5-8,13H,3-4,9H2,1-2H3,(H,20,21)/t13-/m0/s1. The molecule has 1 saturated heterocycles. The van der Waals surface area contributed by atoms with Gasteiger partial charge in [-0.25, -0.2) is 4.79 Å². The van der Waals surface area contributed by atoms with E-state index in [1.807, 2.05) is 31.2 Å². The molecule has 1 aromatic heterocycles. The van der Waals surface area contributed by atoms with Gasteiger partial charge in [-0.1, -0.05) is 28.1 Å². The fraction of sp³-hybridized carbons (Fsp3) is 0.333. The fourth-order valence-electron chi connectivity index (χ4n) is 2.87. The first-order chi connectivity index (χ1) is 12.0. The van der Waals surface area contributed by atoms with Crippen LogP contribution in [-0.2, 0) is 14.3 Å². The molecule has 1 aliphatic rings. The smallest absolute Gasteiger partial charge is 0.341 e. The maximum absolute atomic E-state index is 12.4. The van der Waals surface area contributed by atoms with E-state index in [-0.39, 0.29) is 5.91 Å². The van der Waals surface area contributed by atoms with Crippen molar-refractivity contribution in [3.05, 3.63) is 39.2 Å². The van der Waals surface area contributed by atoms with Crippen LogP contribution in [0.4, 0.5) is 5.00 Å². The van der Waals surface area contributed by atoms with E-state index in [2.05, 4.69) is 21.2 Å². The number of rotatable bonds is 4. The van der Waals surface area contributed by atoms with E-state index in [9.17, 15) is 9.59 Å². The van der Waals surface area contributed by atoms with Gasteiger partial charge in [0.15, 0.2) is 0 Å². The SMILES string of the molecule is COC(=O)c1c(NC(=O)[C@@H]2CCCO2)sc(C)c1-c1ccc(Br)cc1. The summed E-state index contributed by atoms with van der Waals surface area (Å²) in [5.74, 6) is -0.684. The van der Waals surface area contributed by atoms with Crippen LogP contribution < -0.4 is 5.32 Å². The molecule has 1 fully saturated rings. The Kier molecular flexibility index (Phi) is 5.56. The van der Waals surface area contributed by atoms with Gasteiger partial charge in [0, 0.05) is 21.5 Å². The number of benzene rings is 1. The average molecular weight is 424 g/mol. The maximum Gasteiger partial charge on any atom is 0.341 e. The molecule has 0 radical (unpaired) electrons. The molecule has 7 heteroatoms. The topological polar surface area (TPSA) is 64.6 Å². The molecule has 5 nitrogen and oxygen atoms in total. The van der Waals surface area contributed by atoms with Crippen molar-refractivity contribution in [1.82, 2.24) is 0 Å². The van der Waals surface area contributed by atoms with E-state index in [0.717, 1.165) is 26.9 Å². The van der Waals surface area contributed by atoms with Gasteiger partial charge in [-0.3, -0.25) is 4.79 Å². The van der Waals surface area contributed by atoms with Crippen molar-refractivity contribution in [3.63, 3.8) is 0 Å². The third-order valence-corrected chi connectivity index (χ3v) is 5.61. The van der Waals surface area contributed by atoms with E-state index < -0.39 is 12.1 Å². The van der Waals surface area contributed by atoms with Crippen LogP contribution in [0.2, 0.25) is 0 Å². The van der Waals surface area contributed by atoms with Gasteiger partial charge in [0.2, 0.25) is 0 Å². The first kappa shape index (κ1) is 18.1. The van der Waals surface area contributed by atoms with Crippen molar-refractivity contribution >= 4 is 44.1 Å². The van der Waals surface area contributed by atoms with Crippen LogP contribution in [-0.4, -0.2) is 31.7 Å². The Balaban J connectivity index is 2.00. The summed E-state index contributed by atoms with van der Waals surface area (Å²) in [6, 6.07) is 7.69. The lowest BCUT2D eigenvalue weighted by molar-refractivity contribution is -0.124. The normalized spacial score (nSPS) is 16.7. The molecule has 1 aromatic carbocycles. The molecular weight excluding hydrogens is 406 g/mol. The first-order valence-corrected chi connectivity index (χ1v) is 9.52. The van der Waals surface area contributed by atoms with Crippen molar-refractivity contribution in [2.75, 3.05) is 19.0 Å². The van der Waals surface area contributed by atoms with Crippen molar-refractivity contribution in [2.24, 2.45) is 0 Å². The van der Waals surface area contributed by atoms with Crippen LogP contribution in [0.25, 0.3) is 11.1 Å². The lowest BCUT2D eigenvalue weighted by atomic mass is 10.0. The second-order valence-electron chi connectivity index (χ2n) is 5.73. The number of ether oxygens (including phenoxy) is 2. The van der Waals surface area contributed by atoms with Crippen LogP contribution in [0.1, 0.15) is 28.1 Å². The van der Waals surface area contributed by atoms with Gasteiger partial charge in [0.25, 0.3) is 5.91 Å². The molecule has 0 unspecified atom stereocenters. The van der Waals surface area contributed by atoms with Crippen LogP contribution >= 0.6 is 27.3 Å². The number of aryl methyl sites for hydroxylation is 1. The highest BCUT2D eigenvalue weighted by Crippen LogP contribution is 2.40. The highest BCUT2D eigenvalue weighted by molar-refractivity contribution is 9.10. The number of anilines is 1.